The topological polar surface area (TPSA) is 67.8 Å². The van der Waals surface area contributed by atoms with Gasteiger partial charge in [0.2, 0.25) is 0 Å². The minimum absolute atomic E-state index is 0.00966. The molecule has 0 aliphatic carbocycles. The monoisotopic (exact) mass is 391 g/mol. The lowest BCUT2D eigenvalue weighted by Crippen LogP contribution is -2.34. The van der Waals surface area contributed by atoms with Gasteiger partial charge in [0.05, 0.1) is 12.7 Å². The number of benzene rings is 2. The van der Waals surface area contributed by atoms with Crippen molar-refractivity contribution in [2.24, 2.45) is 0 Å². The second kappa shape index (κ2) is 9.73. The molecule has 0 spiro atoms. The summed E-state index contributed by atoms with van der Waals surface area (Å²) in [7, 11) is 1.45. The number of rotatable bonds is 8. The van der Waals surface area contributed by atoms with Crippen molar-refractivity contribution in [3.8, 4) is 11.5 Å². The zero-order valence-corrected chi connectivity index (χ0v) is 15.9. The first-order valence-corrected chi connectivity index (χ1v) is 8.67. The van der Waals surface area contributed by atoms with Gasteiger partial charge in [0.25, 0.3) is 5.91 Å². The maximum absolute atomic E-state index is 12.7. The highest BCUT2D eigenvalue weighted by atomic mass is 19.3. The Balaban J connectivity index is 2.13. The Hall–Kier alpha value is -3.09. The van der Waals surface area contributed by atoms with E-state index < -0.39 is 12.5 Å². The molecule has 5 nitrogen and oxygen atoms in total. The molecule has 2 N–H and O–H groups in total. The zero-order valence-electron chi connectivity index (χ0n) is 15.9. The maximum atomic E-state index is 12.7. The van der Waals surface area contributed by atoms with Crippen molar-refractivity contribution >= 4 is 11.5 Å². The number of carbonyl (C=O) groups excluding carboxylic acids is 1. The van der Waals surface area contributed by atoms with Crippen LogP contribution < -0.4 is 10.1 Å². The lowest BCUT2D eigenvalue weighted by molar-refractivity contribution is -0.116. The summed E-state index contributed by atoms with van der Waals surface area (Å²) >= 11 is 0. The number of carbonyl (C=O) groups is 1. The highest BCUT2D eigenvalue weighted by Gasteiger charge is 2.17. The van der Waals surface area contributed by atoms with Crippen LogP contribution in [0.15, 0.2) is 48.7 Å². The molecular weight excluding hydrogens is 368 g/mol. The SMILES string of the molecule is COc1cc(CC(C)NC(=O)/C(=C/OC(F)F)c2ccc(C)cc2)ccc1O. The molecule has 2 aromatic rings. The van der Waals surface area contributed by atoms with Gasteiger partial charge in [-0.25, -0.2) is 0 Å². The maximum Gasteiger partial charge on any atom is 0.386 e. The predicted molar refractivity (Wildman–Crippen MR) is 102 cm³/mol. The number of aromatic hydroxyl groups is 1. The van der Waals surface area contributed by atoms with Crippen LogP contribution in [0.2, 0.25) is 0 Å². The number of nitrogens with one attached hydrogen (secondary N) is 1. The third kappa shape index (κ3) is 5.97. The molecule has 28 heavy (non-hydrogen) atoms. The normalized spacial score (nSPS) is 12.6. The molecule has 1 atom stereocenters. The van der Waals surface area contributed by atoms with E-state index in [9.17, 15) is 18.7 Å². The molecule has 1 amide bonds. The van der Waals surface area contributed by atoms with E-state index in [2.05, 4.69) is 10.1 Å². The molecule has 0 aliphatic rings. The van der Waals surface area contributed by atoms with Gasteiger partial charge in [-0.3, -0.25) is 4.79 Å². The second-order valence-electron chi connectivity index (χ2n) is 6.38. The average Bonchev–Trinajstić information content (AvgIpc) is 2.64. The number of aryl methyl sites for hydroxylation is 1. The van der Waals surface area contributed by atoms with Gasteiger partial charge >= 0.3 is 6.61 Å². The molecular formula is C21H23F2NO4. The molecule has 2 rings (SSSR count). The Bertz CT molecular complexity index is 835. The molecule has 0 aromatic heterocycles. The number of halogens is 2. The summed E-state index contributed by atoms with van der Waals surface area (Å²) in [6.07, 6.45) is 1.24. The molecule has 0 saturated carbocycles. The average molecular weight is 391 g/mol. The summed E-state index contributed by atoms with van der Waals surface area (Å²) in [5.74, 6) is -0.166. The number of alkyl halides is 2. The minimum Gasteiger partial charge on any atom is -0.504 e. The summed E-state index contributed by atoms with van der Waals surface area (Å²) in [5.41, 5.74) is 2.30. The molecule has 0 radical (unpaired) electrons. The molecule has 2 aromatic carbocycles. The van der Waals surface area contributed by atoms with Gasteiger partial charge in [0.15, 0.2) is 11.5 Å². The van der Waals surface area contributed by atoms with E-state index in [0.29, 0.717) is 17.7 Å². The Morgan fingerprint density at radius 3 is 2.50 bits per heavy atom. The standard InChI is InChI=1S/C21H23F2NO4/c1-13-4-7-16(8-5-13)17(12-28-21(22)23)20(26)24-14(2)10-15-6-9-18(25)19(11-15)27-3/h4-9,11-12,14,21,25H,10H2,1-3H3,(H,24,26)/b17-12+. The minimum atomic E-state index is -3.02. The quantitative estimate of drug-likeness (QED) is 0.527. The van der Waals surface area contributed by atoms with Crippen LogP contribution in [0, 0.1) is 6.92 Å². The molecule has 0 aliphatic heterocycles. The van der Waals surface area contributed by atoms with Gasteiger partial charge in [0, 0.05) is 6.04 Å². The molecule has 0 saturated heterocycles. The van der Waals surface area contributed by atoms with Crippen molar-refractivity contribution in [1.29, 1.82) is 0 Å². The van der Waals surface area contributed by atoms with E-state index in [0.717, 1.165) is 17.4 Å². The van der Waals surface area contributed by atoms with Crippen molar-refractivity contribution < 1.29 is 28.2 Å². The summed E-state index contributed by atoms with van der Waals surface area (Å²) in [6, 6.07) is 11.5. The van der Waals surface area contributed by atoms with E-state index in [1.807, 2.05) is 6.92 Å². The van der Waals surface area contributed by atoms with Crippen molar-refractivity contribution in [2.45, 2.75) is 32.9 Å². The van der Waals surface area contributed by atoms with Crippen molar-refractivity contribution in [3.63, 3.8) is 0 Å². The third-order valence-corrected chi connectivity index (χ3v) is 4.06. The Labute approximate surface area is 162 Å². The molecule has 0 fully saturated rings. The van der Waals surface area contributed by atoms with Gasteiger partial charge in [-0.15, -0.1) is 0 Å². The van der Waals surface area contributed by atoms with Crippen LogP contribution in [0.1, 0.15) is 23.6 Å². The molecule has 1 unspecified atom stereocenters. The lowest BCUT2D eigenvalue weighted by atomic mass is 10.0. The first-order valence-electron chi connectivity index (χ1n) is 8.67. The summed E-state index contributed by atoms with van der Waals surface area (Å²) in [5, 5.41) is 12.4. The number of amides is 1. The van der Waals surface area contributed by atoms with Crippen LogP contribution in [0.5, 0.6) is 11.5 Å². The number of ether oxygens (including phenoxy) is 2. The van der Waals surface area contributed by atoms with Gasteiger partial charge in [0.1, 0.15) is 6.26 Å². The fourth-order valence-corrected chi connectivity index (χ4v) is 2.66. The Kier molecular flexibility index (Phi) is 7.37. The van der Waals surface area contributed by atoms with Crippen LogP contribution in [-0.2, 0) is 16.0 Å². The summed E-state index contributed by atoms with van der Waals surface area (Å²) in [6.45, 7) is 0.657. The molecule has 150 valence electrons. The van der Waals surface area contributed by atoms with Crippen LogP contribution in [0.4, 0.5) is 8.78 Å². The van der Waals surface area contributed by atoms with Crippen LogP contribution in [0.3, 0.4) is 0 Å². The van der Waals surface area contributed by atoms with Crippen LogP contribution >= 0.6 is 0 Å². The number of hydrogen-bond acceptors (Lipinski definition) is 4. The first-order chi connectivity index (χ1) is 13.3. The number of hydrogen-bond donors (Lipinski definition) is 2. The van der Waals surface area contributed by atoms with E-state index in [1.165, 1.54) is 13.2 Å². The summed E-state index contributed by atoms with van der Waals surface area (Å²) in [4.78, 5) is 12.7. The number of phenols is 1. The number of phenolic OH excluding ortho intramolecular Hbond substituents is 1. The smallest absolute Gasteiger partial charge is 0.386 e. The Morgan fingerprint density at radius 1 is 1.21 bits per heavy atom. The van der Waals surface area contributed by atoms with E-state index in [-0.39, 0.29) is 17.4 Å². The summed E-state index contributed by atoms with van der Waals surface area (Å²) < 4.78 is 34.3. The predicted octanol–water partition coefficient (Wildman–Crippen LogP) is 4.04. The largest absolute Gasteiger partial charge is 0.504 e. The van der Waals surface area contributed by atoms with Crippen LogP contribution in [0.25, 0.3) is 5.57 Å². The van der Waals surface area contributed by atoms with Crippen molar-refractivity contribution in [2.75, 3.05) is 7.11 Å². The van der Waals surface area contributed by atoms with Crippen molar-refractivity contribution in [3.05, 3.63) is 65.4 Å². The highest BCUT2D eigenvalue weighted by molar-refractivity contribution is 6.19. The lowest BCUT2D eigenvalue weighted by Gasteiger charge is -2.16. The molecule has 0 bridgehead atoms. The van der Waals surface area contributed by atoms with E-state index in [1.54, 1.807) is 43.3 Å². The van der Waals surface area contributed by atoms with Gasteiger partial charge in [-0.05, 0) is 43.5 Å². The second-order valence-corrected chi connectivity index (χ2v) is 6.38. The Morgan fingerprint density at radius 2 is 1.89 bits per heavy atom. The zero-order chi connectivity index (χ0) is 20.7. The highest BCUT2D eigenvalue weighted by Crippen LogP contribution is 2.27. The van der Waals surface area contributed by atoms with Gasteiger partial charge < -0.3 is 19.9 Å². The first kappa shape index (κ1) is 21.2. The van der Waals surface area contributed by atoms with Gasteiger partial charge in [-0.2, -0.15) is 8.78 Å². The molecule has 0 heterocycles. The molecule has 7 heteroatoms. The van der Waals surface area contributed by atoms with Gasteiger partial charge in [-0.1, -0.05) is 35.9 Å². The van der Waals surface area contributed by atoms with Crippen LogP contribution in [-0.4, -0.2) is 30.8 Å². The third-order valence-electron chi connectivity index (χ3n) is 4.06. The van der Waals surface area contributed by atoms with Crippen molar-refractivity contribution in [1.82, 2.24) is 5.32 Å². The number of methoxy groups -OCH3 is 1. The van der Waals surface area contributed by atoms with E-state index >= 15 is 0 Å². The van der Waals surface area contributed by atoms with E-state index in [4.69, 9.17) is 4.74 Å². The fourth-order valence-electron chi connectivity index (χ4n) is 2.66. The fraction of sp³-hybridized carbons (Fsp3) is 0.286.